The van der Waals surface area contributed by atoms with Gasteiger partial charge in [-0.2, -0.15) is 0 Å². The van der Waals surface area contributed by atoms with Gasteiger partial charge in [0.05, 0.1) is 0 Å². The van der Waals surface area contributed by atoms with Gasteiger partial charge in [-0.15, -0.1) is 0 Å². The molecule has 0 aliphatic heterocycles. The molecule has 0 spiro atoms. The molecule has 0 aromatic rings. The van der Waals surface area contributed by atoms with Crippen LogP contribution in [-0.2, 0) is 8.87 Å². The van der Waals surface area contributed by atoms with Gasteiger partial charge in [-0.1, -0.05) is 0 Å². The molecule has 8 heavy (non-hydrogen) atoms. The van der Waals surface area contributed by atoms with Crippen molar-refractivity contribution in [2.75, 3.05) is 0 Å². The van der Waals surface area contributed by atoms with Gasteiger partial charge in [0.15, 0.2) is 0 Å². The minimum absolute atomic E-state index is 0.824. The summed E-state index contributed by atoms with van der Waals surface area (Å²) in [5, 5.41) is 10.4. The third-order valence-electron chi connectivity index (χ3n) is 0.520. The fourth-order valence-corrected chi connectivity index (χ4v) is 2.59. The number of rotatable bonds is 2. The summed E-state index contributed by atoms with van der Waals surface area (Å²) in [6, 6.07) is 0. The van der Waals surface area contributed by atoms with Crippen molar-refractivity contribution in [1.29, 1.82) is 0 Å². The van der Waals surface area contributed by atoms with Crippen LogP contribution in [0.15, 0.2) is 0 Å². The molecule has 0 aliphatic carbocycles. The van der Waals surface area contributed by atoms with E-state index in [0.29, 0.717) is 0 Å². The van der Waals surface area contributed by atoms with Crippen molar-refractivity contribution >= 4 is 13.6 Å². The molecule has 1 unspecified atom stereocenters. The number of hydrogen-bond acceptors (Lipinski definition) is 1. The monoisotopic (exact) mass is 179 g/mol. The summed E-state index contributed by atoms with van der Waals surface area (Å²) >= 11 is -1.97. The predicted octanol–water partition coefficient (Wildman–Crippen LogP) is 1.61. The first-order chi connectivity index (χ1) is 3.42. The van der Waals surface area contributed by atoms with Gasteiger partial charge in [0.1, 0.15) is 0 Å². The van der Waals surface area contributed by atoms with Gasteiger partial charge in [-0.3, -0.25) is 0 Å². The van der Waals surface area contributed by atoms with Gasteiger partial charge in [-0.05, 0) is 0 Å². The van der Waals surface area contributed by atoms with Crippen molar-refractivity contribution in [3.63, 3.8) is 0 Å². The fraction of sp³-hybridized carbons (Fsp3) is 1.00. The second-order valence-corrected chi connectivity index (χ2v) is 12.2. The van der Waals surface area contributed by atoms with Crippen molar-refractivity contribution in [3.05, 3.63) is 0 Å². The third-order valence-corrected chi connectivity index (χ3v) is 2.70. The Balaban J connectivity index is 3.39. The van der Waals surface area contributed by atoms with E-state index in [1.165, 1.54) is 6.92 Å². The molecule has 0 saturated carbocycles. The molecule has 0 saturated heterocycles. The Morgan fingerprint density at radius 2 is 1.75 bits per heavy atom. The maximum atomic E-state index is 10.4. The molecular formula is C5H13GeO2. The van der Waals surface area contributed by atoms with E-state index in [2.05, 4.69) is 17.3 Å². The summed E-state index contributed by atoms with van der Waals surface area (Å²) in [6.45, 7) is 1.54. The fourth-order valence-electron chi connectivity index (χ4n) is 0.498. The van der Waals surface area contributed by atoms with E-state index in [0.717, 1.165) is 0 Å². The van der Waals surface area contributed by atoms with Crippen LogP contribution in [0.4, 0.5) is 0 Å². The van der Waals surface area contributed by atoms with Crippen LogP contribution in [0, 0.1) is 0 Å². The van der Waals surface area contributed by atoms with Crippen molar-refractivity contribution in [2.45, 2.75) is 30.5 Å². The third kappa shape index (κ3) is 6.46. The van der Waals surface area contributed by atoms with Crippen molar-refractivity contribution in [2.24, 2.45) is 0 Å². The summed E-state index contributed by atoms with van der Waals surface area (Å²) in [4.78, 5) is 0. The summed E-state index contributed by atoms with van der Waals surface area (Å²) in [6.07, 6.45) is -0.824. The summed E-state index contributed by atoms with van der Waals surface area (Å²) in [5.74, 6) is 6.15. The molecular weight excluding hydrogens is 165 g/mol. The molecule has 49 valence electrons. The van der Waals surface area contributed by atoms with Gasteiger partial charge in [0, 0.05) is 0 Å². The van der Waals surface area contributed by atoms with Crippen LogP contribution in [0.2, 0.25) is 17.3 Å². The molecule has 0 rings (SSSR count). The molecule has 0 bridgehead atoms. The molecule has 0 aromatic carbocycles. The number of hydrogen-bond donors (Lipinski definition) is 0. The predicted molar refractivity (Wildman–Crippen MR) is 34.6 cm³/mol. The van der Waals surface area contributed by atoms with Gasteiger partial charge < -0.3 is 0 Å². The molecule has 1 radical (unpaired) electrons. The van der Waals surface area contributed by atoms with Crippen molar-refractivity contribution < 1.29 is 8.87 Å². The van der Waals surface area contributed by atoms with Crippen LogP contribution in [0.25, 0.3) is 0 Å². The van der Waals surface area contributed by atoms with E-state index in [9.17, 15) is 5.11 Å². The first-order valence-corrected chi connectivity index (χ1v) is 9.90. The normalized spacial score (nSPS) is 16.1. The van der Waals surface area contributed by atoms with E-state index >= 15 is 0 Å². The Morgan fingerprint density at radius 3 is 1.75 bits per heavy atom. The first kappa shape index (κ1) is 8.46. The zero-order valence-electron chi connectivity index (χ0n) is 5.89. The van der Waals surface area contributed by atoms with Crippen LogP contribution < -0.4 is 0 Å². The van der Waals surface area contributed by atoms with Gasteiger partial charge in [-0.25, -0.2) is 0 Å². The van der Waals surface area contributed by atoms with E-state index in [1.807, 2.05) is 0 Å². The standard InChI is InChI=1S/C5H13GeO2/c1-5(7)8-6(2,3)4/h5H,1-4H3. The van der Waals surface area contributed by atoms with Crippen LogP contribution in [0.5, 0.6) is 0 Å². The molecule has 3 heteroatoms. The topological polar surface area (TPSA) is 29.1 Å². The van der Waals surface area contributed by atoms with Gasteiger partial charge >= 0.3 is 53.0 Å². The van der Waals surface area contributed by atoms with Crippen LogP contribution >= 0.6 is 0 Å². The average Bonchev–Trinajstić information content (AvgIpc) is 1.21. The Morgan fingerprint density at radius 1 is 1.38 bits per heavy atom. The molecule has 2 nitrogen and oxygen atoms in total. The van der Waals surface area contributed by atoms with Crippen molar-refractivity contribution in [1.82, 2.24) is 0 Å². The SMILES string of the molecule is CC([O])[O][Ge]([CH3])([CH3])[CH3]. The molecule has 0 aromatic heterocycles. The zero-order chi connectivity index (χ0) is 6.78. The zero-order valence-corrected chi connectivity index (χ0v) is 7.99. The van der Waals surface area contributed by atoms with Crippen molar-refractivity contribution in [3.8, 4) is 0 Å². The molecule has 0 amide bonds. The molecule has 0 heterocycles. The first-order valence-electron chi connectivity index (χ1n) is 2.75. The quantitative estimate of drug-likeness (QED) is 0.466. The second kappa shape index (κ2) is 2.85. The van der Waals surface area contributed by atoms with Gasteiger partial charge in [0.25, 0.3) is 0 Å². The summed E-state index contributed by atoms with van der Waals surface area (Å²) in [5.41, 5.74) is 0. The second-order valence-electron chi connectivity index (χ2n) is 2.80. The maximum absolute atomic E-state index is 10.4. The van der Waals surface area contributed by atoms with E-state index in [-0.39, 0.29) is 0 Å². The summed E-state index contributed by atoms with van der Waals surface area (Å²) in [7, 11) is 0. The molecule has 0 N–H and O–H groups in total. The molecule has 0 aliphatic rings. The Bertz CT molecular complexity index is 65.3. The minimum atomic E-state index is -1.97. The average molecular weight is 178 g/mol. The van der Waals surface area contributed by atoms with E-state index in [1.54, 1.807) is 0 Å². The van der Waals surface area contributed by atoms with Crippen LogP contribution in [-0.4, -0.2) is 19.9 Å². The van der Waals surface area contributed by atoms with E-state index in [4.69, 9.17) is 3.76 Å². The Hall–Kier alpha value is 0.463. The van der Waals surface area contributed by atoms with Crippen LogP contribution in [0.1, 0.15) is 6.92 Å². The molecule has 1 atom stereocenters. The van der Waals surface area contributed by atoms with Crippen LogP contribution in [0.3, 0.4) is 0 Å². The summed E-state index contributed by atoms with van der Waals surface area (Å²) < 4.78 is 5.07. The van der Waals surface area contributed by atoms with E-state index < -0.39 is 19.9 Å². The van der Waals surface area contributed by atoms with Gasteiger partial charge in [0.2, 0.25) is 0 Å². The Labute approximate surface area is 53.6 Å². The molecule has 0 fully saturated rings. The Kier molecular flexibility index (Phi) is 3.01.